The van der Waals surface area contributed by atoms with Crippen LogP contribution in [0.15, 0.2) is 0 Å². The van der Waals surface area contributed by atoms with Crippen molar-refractivity contribution in [3.63, 3.8) is 0 Å². The molecule has 36 heavy (non-hydrogen) atoms. The molecule has 0 aromatic heterocycles. The molecule has 0 aliphatic heterocycles. The van der Waals surface area contributed by atoms with Crippen LogP contribution in [0.1, 0.15) is 213 Å². The Labute approximate surface area is 229 Å². The molecule has 2 aliphatic carbocycles. The summed E-state index contributed by atoms with van der Waals surface area (Å²) < 4.78 is 0. The molecule has 2 fully saturated rings. The van der Waals surface area contributed by atoms with Gasteiger partial charge in [-0.15, -0.1) is 0 Å². The van der Waals surface area contributed by atoms with E-state index in [1.165, 1.54) is 173 Å². The molecule has 0 aromatic carbocycles. The zero-order valence-corrected chi connectivity index (χ0v) is 25.4. The Bertz CT molecular complexity index is 356. The average Bonchev–Trinajstić information content (AvgIpc) is 2.92. The van der Waals surface area contributed by atoms with Gasteiger partial charge in [0.25, 0.3) is 0 Å². The van der Waals surface area contributed by atoms with Crippen molar-refractivity contribution in [2.24, 2.45) is 0 Å². The van der Waals surface area contributed by atoms with Crippen LogP contribution in [0.2, 0.25) is 0 Å². The zero-order valence-electron chi connectivity index (χ0n) is 25.4. The summed E-state index contributed by atoms with van der Waals surface area (Å²) >= 11 is 0. The van der Waals surface area contributed by atoms with E-state index in [1.54, 1.807) is 0 Å². The normalized spacial score (nSPS) is 18.6. The van der Waals surface area contributed by atoms with E-state index in [2.05, 4.69) is 20.3 Å². The first-order valence-corrected chi connectivity index (χ1v) is 17.1. The fourth-order valence-electron chi connectivity index (χ4n) is 5.35. The van der Waals surface area contributed by atoms with Crippen molar-refractivity contribution in [2.45, 2.75) is 213 Å². The van der Waals surface area contributed by atoms with Crippen molar-refractivity contribution in [2.75, 3.05) is 0 Å². The summed E-state index contributed by atoms with van der Waals surface area (Å²) in [6, 6.07) is 0. The van der Waals surface area contributed by atoms with Gasteiger partial charge < -0.3 is 0 Å². The second-order valence-corrected chi connectivity index (χ2v) is 11.7. The minimum atomic E-state index is 0.509. The SMILES string of the molecule is CCCCCCCCCCCCCC.O=C1CCCCCCCCCCCCCC1.[CH]1CCCCC1. The predicted molar refractivity (Wildman–Crippen MR) is 164 cm³/mol. The standard InChI is InChI=1S/C15H28O.C14H30.C6H11/c16-15-13-11-9-7-5-3-1-2-4-6-8-10-12-14-15;1-3-5-7-9-11-13-14-12-10-8-6-4-2;1-2-4-6-5-3-1/h1-14H2;3-14H2,1-2H3;1H,2-6H2. The summed E-state index contributed by atoms with van der Waals surface area (Å²) in [5.74, 6) is 0.509. The van der Waals surface area contributed by atoms with Gasteiger partial charge in [0.1, 0.15) is 5.78 Å². The van der Waals surface area contributed by atoms with E-state index < -0.39 is 0 Å². The van der Waals surface area contributed by atoms with Crippen LogP contribution in [0.3, 0.4) is 0 Å². The molecule has 2 saturated carbocycles. The Morgan fingerprint density at radius 2 is 0.694 bits per heavy atom. The number of ketones is 1. The van der Waals surface area contributed by atoms with Gasteiger partial charge in [0.15, 0.2) is 0 Å². The number of rotatable bonds is 11. The molecule has 2 rings (SSSR count). The van der Waals surface area contributed by atoms with Gasteiger partial charge in [-0.3, -0.25) is 4.79 Å². The number of Topliss-reactive ketones (excluding diaryl/α,β-unsaturated/α-hetero) is 1. The zero-order chi connectivity index (χ0) is 26.2. The summed E-state index contributed by atoms with van der Waals surface area (Å²) in [6.45, 7) is 4.57. The topological polar surface area (TPSA) is 17.1 Å². The van der Waals surface area contributed by atoms with Crippen LogP contribution in [0.25, 0.3) is 0 Å². The fraction of sp³-hybridized carbons (Fsp3) is 0.943. The van der Waals surface area contributed by atoms with E-state index in [1.807, 2.05) is 0 Å². The van der Waals surface area contributed by atoms with Gasteiger partial charge in [-0.25, -0.2) is 0 Å². The van der Waals surface area contributed by atoms with Crippen molar-refractivity contribution >= 4 is 5.78 Å². The Balaban J connectivity index is 0.000000557. The molecule has 0 N–H and O–H groups in total. The third-order valence-electron chi connectivity index (χ3n) is 7.93. The molecule has 2 aliphatic rings. The Morgan fingerprint density at radius 3 is 0.944 bits per heavy atom. The lowest BCUT2D eigenvalue weighted by molar-refractivity contribution is -0.119. The lowest BCUT2D eigenvalue weighted by atomic mass is 10.0. The molecule has 0 heterocycles. The van der Waals surface area contributed by atoms with Crippen LogP contribution in [0.4, 0.5) is 0 Å². The van der Waals surface area contributed by atoms with Crippen molar-refractivity contribution in [1.29, 1.82) is 0 Å². The monoisotopic (exact) mass is 506 g/mol. The molecule has 0 spiro atoms. The lowest BCUT2D eigenvalue weighted by Gasteiger charge is -2.05. The van der Waals surface area contributed by atoms with Crippen LogP contribution < -0.4 is 0 Å². The van der Waals surface area contributed by atoms with Crippen LogP contribution >= 0.6 is 0 Å². The number of carbonyl (C=O) groups is 1. The predicted octanol–water partition coefficient (Wildman–Crippen LogP) is 12.9. The van der Waals surface area contributed by atoms with E-state index >= 15 is 0 Å². The summed E-state index contributed by atoms with van der Waals surface area (Å²) in [4.78, 5) is 11.5. The molecule has 0 aromatic rings. The Kier molecular flexibility index (Phi) is 32.4. The highest BCUT2D eigenvalue weighted by Gasteiger charge is 2.02. The quantitative estimate of drug-likeness (QED) is 0.255. The minimum absolute atomic E-state index is 0.509. The number of unbranched alkanes of at least 4 members (excludes halogenated alkanes) is 11. The molecule has 0 unspecified atom stereocenters. The molecule has 1 radical (unpaired) electrons. The van der Waals surface area contributed by atoms with Gasteiger partial charge in [-0.2, -0.15) is 0 Å². The number of hydrogen-bond donors (Lipinski definition) is 0. The summed E-state index contributed by atoms with van der Waals surface area (Å²) in [5.41, 5.74) is 0. The first kappa shape index (κ1) is 35.7. The van der Waals surface area contributed by atoms with Gasteiger partial charge in [0.2, 0.25) is 0 Å². The largest absolute Gasteiger partial charge is 0.300 e. The smallest absolute Gasteiger partial charge is 0.132 e. The van der Waals surface area contributed by atoms with Gasteiger partial charge in [-0.05, 0) is 19.3 Å². The van der Waals surface area contributed by atoms with Crippen LogP contribution in [0.5, 0.6) is 0 Å². The third-order valence-corrected chi connectivity index (χ3v) is 7.93. The maximum Gasteiger partial charge on any atom is 0.132 e. The summed E-state index contributed by atoms with van der Waals surface area (Å²) in [7, 11) is 0. The average molecular weight is 506 g/mol. The highest BCUT2D eigenvalue weighted by Crippen LogP contribution is 2.16. The molecule has 0 bridgehead atoms. The highest BCUT2D eigenvalue weighted by atomic mass is 16.1. The van der Waals surface area contributed by atoms with Crippen LogP contribution in [0, 0.1) is 6.42 Å². The minimum Gasteiger partial charge on any atom is -0.300 e. The maximum absolute atomic E-state index is 11.5. The van der Waals surface area contributed by atoms with Crippen molar-refractivity contribution in [3.05, 3.63) is 6.42 Å². The number of hydrogen-bond acceptors (Lipinski definition) is 1. The Hall–Kier alpha value is -0.330. The van der Waals surface area contributed by atoms with E-state index in [4.69, 9.17) is 0 Å². The van der Waals surface area contributed by atoms with Crippen LogP contribution in [-0.2, 0) is 4.79 Å². The first-order valence-electron chi connectivity index (χ1n) is 17.1. The first-order chi connectivity index (χ1) is 17.8. The molecule has 0 atom stereocenters. The van der Waals surface area contributed by atoms with Crippen LogP contribution in [-0.4, -0.2) is 5.78 Å². The van der Waals surface area contributed by atoms with Gasteiger partial charge >= 0.3 is 0 Å². The van der Waals surface area contributed by atoms with E-state index in [0.717, 1.165) is 25.7 Å². The second-order valence-electron chi connectivity index (χ2n) is 11.7. The van der Waals surface area contributed by atoms with E-state index in [9.17, 15) is 4.79 Å². The van der Waals surface area contributed by atoms with Crippen molar-refractivity contribution in [1.82, 2.24) is 0 Å². The Morgan fingerprint density at radius 1 is 0.417 bits per heavy atom. The van der Waals surface area contributed by atoms with Gasteiger partial charge in [0.05, 0.1) is 0 Å². The molecule has 0 saturated heterocycles. The molecule has 1 heteroatoms. The molecular weight excluding hydrogens is 436 g/mol. The molecule has 215 valence electrons. The number of carbonyl (C=O) groups excluding carboxylic acids is 1. The second kappa shape index (κ2) is 32.7. The van der Waals surface area contributed by atoms with E-state index in [-0.39, 0.29) is 0 Å². The summed E-state index contributed by atoms with van der Waals surface area (Å²) in [5, 5.41) is 0. The van der Waals surface area contributed by atoms with Gasteiger partial charge in [0, 0.05) is 12.8 Å². The van der Waals surface area contributed by atoms with Gasteiger partial charge in [-0.1, -0.05) is 187 Å². The third kappa shape index (κ3) is 31.7. The molecule has 0 amide bonds. The summed E-state index contributed by atoms with van der Waals surface area (Å²) in [6.07, 6.45) is 44.6. The molecular formula is C35H69O. The van der Waals surface area contributed by atoms with Crippen molar-refractivity contribution < 1.29 is 4.79 Å². The highest BCUT2D eigenvalue weighted by molar-refractivity contribution is 5.78. The van der Waals surface area contributed by atoms with Crippen molar-refractivity contribution in [3.8, 4) is 0 Å². The maximum atomic E-state index is 11.5. The lowest BCUT2D eigenvalue weighted by Crippen LogP contribution is -1.97. The fourth-order valence-corrected chi connectivity index (χ4v) is 5.35. The van der Waals surface area contributed by atoms with E-state index in [0.29, 0.717) is 5.78 Å². The molecule has 1 nitrogen and oxygen atoms in total.